The van der Waals surface area contributed by atoms with Crippen molar-refractivity contribution in [2.75, 3.05) is 18.5 Å². The van der Waals surface area contributed by atoms with Crippen LogP contribution in [0.5, 0.6) is 11.5 Å². The number of ether oxygens (including phenoxy) is 2. The third kappa shape index (κ3) is 9.95. The average molecular weight is 565 g/mol. The second-order valence-electron chi connectivity index (χ2n) is 5.91. The first kappa shape index (κ1) is 26.6. The van der Waals surface area contributed by atoms with Gasteiger partial charge < -0.3 is 25.6 Å². The predicted octanol–water partition coefficient (Wildman–Crippen LogP) is 4.39. The second-order valence-corrected chi connectivity index (χ2v) is 5.91. The zero-order valence-corrected chi connectivity index (χ0v) is 17.9. The van der Waals surface area contributed by atoms with Crippen LogP contribution in [0.25, 0.3) is 0 Å². The predicted molar refractivity (Wildman–Crippen MR) is 112 cm³/mol. The normalized spacial score (nSPS) is 13.2. The summed E-state index contributed by atoms with van der Waals surface area (Å²) in [6.07, 6.45) is -10.4. The zero-order chi connectivity index (χ0) is 22.4. The summed E-state index contributed by atoms with van der Waals surface area (Å²) >= 11 is 0. The van der Waals surface area contributed by atoms with Gasteiger partial charge in [-0.05, 0) is 48.5 Å². The molecule has 0 fully saturated rings. The molecule has 0 amide bonds. The largest absolute Gasteiger partial charge is 0.573 e. The van der Waals surface area contributed by atoms with Crippen molar-refractivity contribution in [1.29, 1.82) is 0 Å². The fourth-order valence-electron chi connectivity index (χ4n) is 2.12. The third-order valence-corrected chi connectivity index (χ3v) is 3.46. The van der Waals surface area contributed by atoms with Crippen molar-refractivity contribution in [2.45, 2.75) is 18.6 Å². The van der Waals surface area contributed by atoms with Crippen molar-refractivity contribution >= 4 is 35.6 Å². The fourth-order valence-corrected chi connectivity index (χ4v) is 2.12. The highest BCUT2D eigenvalue weighted by Crippen LogP contribution is 2.30. The SMILES string of the molecule is I.NC(=NCC(O)COc1ccc(C(F)(F)F)cc1)Nc1ccc(OC(F)(F)F)cc1. The highest BCUT2D eigenvalue weighted by molar-refractivity contribution is 14.0. The minimum absolute atomic E-state index is 0. The number of hydrogen-bond acceptors (Lipinski definition) is 4. The number of nitrogens with one attached hydrogen (secondary N) is 1. The molecule has 0 spiro atoms. The molecule has 31 heavy (non-hydrogen) atoms. The van der Waals surface area contributed by atoms with E-state index >= 15 is 0 Å². The molecule has 0 aromatic heterocycles. The molecule has 6 nitrogen and oxygen atoms in total. The number of aliphatic imine (C=N–C) groups is 1. The number of anilines is 1. The Morgan fingerprint density at radius 1 is 0.968 bits per heavy atom. The van der Waals surface area contributed by atoms with Crippen LogP contribution in [0.15, 0.2) is 53.5 Å². The summed E-state index contributed by atoms with van der Waals surface area (Å²) in [4.78, 5) is 3.85. The third-order valence-electron chi connectivity index (χ3n) is 3.46. The first-order valence-electron chi connectivity index (χ1n) is 8.33. The second kappa shape index (κ2) is 11.3. The monoisotopic (exact) mass is 565 g/mol. The van der Waals surface area contributed by atoms with Gasteiger partial charge in [-0.3, -0.25) is 4.99 Å². The number of aliphatic hydroxyl groups excluding tert-OH is 1. The Balaban J connectivity index is 0.00000480. The molecule has 0 aliphatic rings. The lowest BCUT2D eigenvalue weighted by Crippen LogP contribution is -2.27. The number of guanidine groups is 1. The van der Waals surface area contributed by atoms with Crippen LogP contribution in [-0.4, -0.2) is 36.7 Å². The fraction of sp³-hybridized carbons (Fsp3) is 0.278. The maximum absolute atomic E-state index is 12.5. The molecule has 0 radical (unpaired) electrons. The van der Waals surface area contributed by atoms with Gasteiger partial charge in [-0.25, -0.2) is 0 Å². The van der Waals surface area contributed by atoms with E-state index in [1.54, 1.807) is 0 Å². The van der Waals surface area contributed by atoms with Crippen LogP contribution in [0, 0.1) is 0 Å². The summed E-state index contributed by atoms with van der Waals surface area (Å²) in [7, 11) is 0. The molecule has 0 aliphatic heterocycles. The minimum atomic E-state index is -4.80. The summed E-state index contributed by atoms with van der Waals surface area (Å²) in [5.74, 6) is -0.384. The van der Waals surface area contributed by atoms with Crippen molar-refractivity contribution in [3.8, 4) is 11.5 Å². The van der Waals surface area contributed by atoms with Crippen LogP contribution in [0.1, 0.15) is 5.56 Å². The first-order valence-corrected chi connectivity index (χ1v) is 8.33. The Bertz CT molecular complexity index is 843. The summed E-state index contributed by atoms with van der Waals surface area (Å²) < 4.78 is 82.7. The molecule has 0 aliphatic carbocycles. The molecule has 0 saturated heterocycles. The van der Waals surface area contributed by atoms with Gasteiger partial charge in [0.25, 0.3) is 0 Å². The van der Waals surface area contributed by atoms with Crippen LogP contribution < -0.4 is 20.5 Å². The molecule has 2 rings (SSSR count). The molecule has 0 bridgehead atoms. The zero-order valence-electron chi connectivity index (χ0n) is 15.6. The number of nitrogens with two attached hydrogens (primary N) is 1. The van der Waals surface area contributed by atoms with Crippen LogP contribution in [0.3, 0.4) is 0 Å². The molecule has 2 aromatic rings. The highest BCUT2D eigenvalue weighted by atomic mass is 127. The number of hydrogen-bond donors (Lipinski definition) is 3. The van der Waals surface area contributed by atoms with Crippen LogP contribution in [0.4, 0.5) is 32.0 Å². The van der Waals surface area contributed by atoms with Crippen molar-refractivity contribution in [3.05, 3.63) is 54.1 Å². The standard InChI is InChI=1S/C18H17F6N3O3.HI/c19-17(20,21)11-1-5-14(6-2-11)29-10-13(28)9-26-16(25)27-12-3-7-15(8-4-12)30-18(22,23)24;/h1-8,13,28H,9-10H2,(H3,25,26,27);1H. The van der Waals surface area contributed by atoms with Gasteiger partial charge >= 0.3 is 12.5 Å². The first-order chi connectivity index (χ1) is 13.9. The molecule has 4 N–H and O–H groups in total. The van der Waals surface area contributed by atoms with Crippen molar-refractivity contribution < 1.29 is 40.9 Å². The number of alkyl halides is 6. The van der Waals surface area contributed by atoms with E-state index in [9.17, 15) is 31.4 Å². The van der Waals surface area contributed by atoms with Crippen molar-refractivity contribution in [3.63, 3.8) is 0 Å². The Kier molecular flexibility index (Phi) is 9.68. The molecule has 0 saturated carbocycles. The molecular formula is C18H18F6IN3O3. The number of nitrogens with zero attached hydrogens (tertiary/aromatic N) is 1. The van der Waals surface area contributed by atoms with Gasteiger partial charge in [0.1, 0.15) is 24.2 Å². The van der Waals surface area contributed by atoms with E-state index in [1.807, 2.05) is 0 Å². The summed E-state index contributed by atoms with van der Waals surface area (Å²) in [5, 5.41) is 12.4. The molecule has 2 aromatic carbocycles. The average Bonchev–Trinajstić information content (AvgIpc) is 2.65. The van der Waals surface area contributed by atoms with E-state index < -0.39 is 30.0 Å². The minimum Gasteiger partial charge on any atom is -0.491 e. The molecule has 172 valence electrons. The summed E-state index contributed by atoms with van der Waals surface area (Å²) in [6.45, 7) is -0.430. The van der Waals surface area contributed by atoms with Gasteiger partial charge in [0.05, 0.1) is 12.1 Å². The summed E-state index contributed by atoms with van der Waals surface area (Å²) in [6, 6.07) is 8.69. The Morgan fingerprint density at radius 2 is 1.52 bits per heavy atom. The number of benzene rings is 2. The number of halogens is 7. The van der Waals surface area contributed by atoms with Gasteiger partial charge in [-0.2, -0.15) is 13.2 Å². The molecule has 1 atom stereocenters. The van der Waals surface area contributed by atoms with Crippen molar-refractivity contribution in [2.24, 2.45) is 10.7 Å². The van der Waals surface area contributed by atoms with Gasteiger partial charge in [0.2, 0.25) is 0 Å². The molecular weight excluding hydrogens is 547 g/mol. The Morgan fingerprint density at radius 3 is 2.03 bits per heavy atom. The Hall–Kier alpha value is -2.42. The van der Waals surface area contributed by atoms with Gasteiger partial charge in [0, 0.05) is 5.69 Å². The molecule has 13 heteroatoms. The lowest BCUT2D eigenvalue weighted by molar-refractivity contribution is -0.274. The van der Waals surface area contributed by atoms with E-state index in [0.29, 0.717) is 5.69 Å². The smallest absolute Gasteiger partial charge is 0.491 e. The lowest BCUT2D eigenvalue weighted by atomic mass is 10.2. The van der Waals surface area contributed by atoms with Gasteiger partial charge in [-0.1, -0.05) is 0 Å². The Labute approximate surface area is 190 Å². The maximum Gasteiger partial charge on any atom is 0.573 e. The number of rotatable bonds is 7. The van der Waals surface area contributed by atoms with E-state index in [2.05, 4.69) is 15.0 Å². The van der Waals surface area contributed by atoms with Crippen LogP contribution >= 0.6 is 24.0 Å². The number of aliphatic hydroxyl groups is 1. The lowest BCUT2D eigenvalue weighted by Gasteiger charge is -2.13. The van der Waals surface area contributed by atoms with Crippen LogP contribution in [0.2, 0.25) is 0 Å². The maximum atomic E-state index is 12.5. The van der Waals surface area contributed by atoms with E-state index in [0.717, 1.165) is 36.4 Å². The van der Waals surface area contributed by atoms with Gasteiger partial charge in [0.15, 0.2) is 5.96 Å². The highest BCUT2D eigenvalue weighted by Gasteiger charge is 2.31. The van der Waals surface area contributed by atoms with E-state index in [-0.39, 0.29) is 48.8 Å². The molecule has 0 heterocycles. The summed E-state index contributed by atoms with van der Waals surface area (Å²) in [5.41, 5.74) is 5.14. The topological polar surface area (TPSA) is 89.1 Å². The van der Waals surface area contributed by atoms with Gasteiger partial charge in [-0.15, -0.1) is 37.1 Å². The molecule has 1 unspecified atom stereocenters. The van der Waals surface area contributed by atoms with E-state index in [4.69, 9.17) is 10.5 Å². The van der Waals surface area contributed by atoms with Crippen LogP contribution in [-0.2, 0) is 6.18 Å². The van der Waals surface area contributed by atoms with E-state index in [1.165, 1.54) is 12.1 Å². The van der Waals surface area contributed by atoms with Crippen molar-refractivity contribution in [1.82, 2.24) is 0 Å². The quantitative estimate of drug-likeness (QED) is 0.201.